The number of hydrogen-bond acceptors (Lipinski definition) is 4. The highest BCUT2D eigenvalue weighted by Gasteiger charge is 2.30. The van der Waals surface area contributed by atoms with Crippen LogP contribution >= 0.6 is 0 Å². The van der Waals surface area contributed by atoms with E-state index in [1.807, 2.05) is 0 Å². The van der Waals surface area contributed by atoms with Crippen LogP contribution in [-0.4, -0.2) is 25.7 Å². The zero-order valence-electron chi connectivity index (χ0n) is 16.6. The number of nitrogens with zero attached hydrogens (tertiary/aromatic N) is 3. The fraction of sp³-hybridized carbons (Fsp3) is 0.300. The molecule has 0 fully saturated rings. The van der Waals surface area contributed by atoms with Gasteiger partial charge in [0.25, 0.3) is 5.56 Å². The Hall–Kier alpha value is -3.43. The number of carbonyl (C=O) groups excluding carboxylic acids is 1. The van der Waals surface area contributed by atoms with Crippen LogP contribution in [-0.2, 0) is 17.4 Å². The van der Waals surface area contributed by atoms with Crippen LogP contribution in [0.3, 0.4) is 0 Å². The van der Waals surface area contributed by atoms with E-state index in [0.29, 0.717) is 23.5 Å². The molecule has 0 radical (unpaired) electrons. The van der Waals surface area contributed by atoms with Gasteiger partial charge in [0, 0.05) is 29.6 Å². The van der Waals surface area contributed by atoms with Crippen molar-refractivity contribution in [2.24, 2.45) is 0 Å². The molecule has 0 atom stereocenters. The maximum Gasteiger partial charge on any atom is 0.416 e. The Morgan fingerprint density at radius 2 is 1.93 bits per heavy atom. The summed E-state index contributed by atoms with van der Waals surface area (Å²) in [6, 6.07) is 5.86. The average molecular weight is 419 g/mol. The van der Waals surface area contributed by atoms with Gasteiger partial charge in [-0.25, -0.2) is 9.67 Å². The Kier molecular flexibility index (Phi) is 5.77. The second kappa shape index (κ2) is 8.13. The molecule has 1 aromatic carbocycles. The molecule has 0 aliphatic carbocycles. The number of aryl methyl sites for hydroxylation is 2. The second-order valence-electron chi connectivity index (χ2n) is 6.90. The predicted octanol–water partition coefficient (Wildman–Crippen LogP) is 3.47. The van der Waals surface area contributed by atoms with Gasteiger partial charge in [-0.15, -0.1) is 0 Å². The van der Waals surface area contributed by atoms with Crippen molar-refractivity contribution in [3.05, 3.63) is 68.9 Å². The van der Waals surface area contributed by atoms with E-state index < -0.39 is 17.6 Å². The van der Waals surface area contributed by atoms with Crippen LogP contribution in [0.2, 0.25) is 0 Å². The summed E-state index contributed by atoms with van der Waals surface area (Å²) in [7, 11) is 0. The van der Waals surface area contributed by atoms with Crippen molar-refractivity contribution in [2.45, 2.75) is 39.8 Å². The van der Waals surface area contributed by atoms with Crippen LogP contribution in [0, 0.1) is 20.8 Å². The van der Waals surface area contributed by atoms with Crippen LogP contribution < -0.4 is 10.9 Å². The van der Waals surface area contributed by atoms with E-state index in [9.17, 15) is 22.8 Å². The van der Waals surface area contributed by atoms with Crippen molar-refractivity contribution in [3.8, 4) is 5.95 Å². The third kappa shape index (κ3) is 4.76. The standard InChI is InChI=1S/C20H20F3N5O2/c1-11-9-18(30)26-19(24-11)28-13(3)16(12(2)27-28)7-8-17(29)25-15-6-4-5-14(10-15)20(21,22)23/h4-6,9-10H,7-8H2,1-3H3,(H,25,29)(H,24,26,30). The molecular weight excluding hydrogens is 399 g/mol. The number of anilines is 1. The third-order valence-electron chi connectivity index (χ3n) is 4.57. The number of hydrogen-bond donors (Lipinski definition) is 2. The minimum atomic E-state index is -4.48. The Morgan fingerprint density at radius 3 is 2.60 bits per heavy atom. The minimum Gasteiger partial charge on any atom is -0.326 e. The second-order valence-corrected chi connectivity index (χ2v) is 6.90. The molecule has 0 saturated heterocycles. The summed E-state index contributed by atoms with van der Waals surface area (Å²) in [5.74, 6) is -0.136. The minimum absolute atomic E-state index is 0.0569. The molecule has 0 bridgehead atoms. The normalized spacial score (nSPS) is 11.5. The number of aromatic amines is 1. The summed E-state index contributed by atoms with van der Waals surface area (Å²) in [5.41, 5.74) is 1.69. The molecule has 7 nitrogen and oxygen atoms in total. The zero-order chi connectivity index (χ0) is 22.1. The molecular formula is C20H20F3N5O2. The van der Waals surface area contributed by atoms with Gasteiger partial charge in [-0.05, 0) is 51.0 Å². The van der Waals surface area contributed by atoms with E-state index in [-0.39, 0.29) is 23.6 Å². The maximum atomic E-state index is 12.8. The average Bonchev–Trinajstić information content (AvgIpc) is 2.93. The first-order valence-electron chi connectivity index (χ1n) is 9.15. The van der Waals surface area contributed by atoms with Gasteiger partial charge in [-0.1, -0.05) is 6.07 Å². The van der Waals surface area contributed by atoms with Crippen LogP contribution in [0.5, 0.6) is 0 Å². The predicted molar refractivity (Wildman–Crippen MR) is 105 cm³/mol. The monoisotopic (exact) mass is 419 g/mol. The Balaban J connectivity index is 1.73. The number of carbonyl (C=O) groups is 1. The fourth-order valence-electron chi connectivity index (χ4n) is 3.14. The summed E-state index contributed by atoms with van der Waals surface area (Å²) in [6.45, 7) is 5.27. The van der Waals surface area contributed by atoms with Crippen molar-refractivity contribution >= 4 is 11.6 Å². The lowest BCUT2D eigenvalue weighted by atomic mass is 10.1. The van der Waals surface area contributed by atoms with Crippen molar-refractivity contribution in [1.29, 1.82) is 0 Å². The number of alkyl halides is 3. The van der Waals surface area contributed by atoms with Crippen molar-refractivity contribution < 1.29 is 18.0 Å². The van der Waals surface area contributed by atoms with E-state index in [1.165, 1.54) is 22.9 Å². The summed E-state index contributed by atoms with van der Waals surface area (Å²) < 4.78 is 39.9. The molecule has 3 rings (SSSR count). The Labute approximate surface area is 170 Å². The summed E-state index contributed by atoms with van der Waals surface area (Å²) in [6.07, 6.45) is -4.09. The van der Waals surface area contributed by atoms with Gasteiger partial charge >= 0.3 is 6.18 Å². The van der Waals surface area contributed by atoms with Gasteiger partial charge in [0.15, 0.2) is 0 Å². The van der Waals surface area contributed by atoms with Gasteiger partial charge in [-0.3, -0.25) is 14.6 Å². The fourth-order valence-corrected chi connectivity index (χ4v) is 3.14. The van der Waals surface area contributed by atoms with Gasteiger partial charge in [-0.2, -0.15) is 18.3 Å². The SMILES string of the molecule is Cc1cc(=O)[nH]c(-n2nc(C)c(CCC(=O)Nc3cccc(C(F)(F)F)c3)c2C)n1. The summed E-state index contributed by atoms with van der Waals surface area (Å²) in [5, 5.41) is 6.88. The van der Waals surface area contributed by atoms with Crippen molar-refractivity contribution in [1.82, 2.24) is 19.7 Å². The first-order chi connectivity index (χ1) is 14.0. The number of H-pyrrole nitrogens is 1. The van der Waals surface area contributed by atoms with Crippen molar-refractivity contribution in [2.75, 3.05) is 5.32 Å². The lowest BCUT2D eigenvalue weighted by Crippen LogP contribution is -2.15. The van der Waals surface area contributed by atoms with Gasteiger partial charge in [0.05, 0.1) is 11.3 Å². The van der Waals surface area contributed by atoms with Crippen molar-refractivity contribution in [3.63, 3.8) is 0 Å². The maximum absolute atomic E-state index is 12.8. The van der Waals surface area contributed by atoms with E-state index in [1.54, 1.807) is 20.8 Å². The lowest BCUT2D eigenvalue weighted by Gasteiger charge is -2.10. The molecule has 30 heavy (non-hydrogen) atoms. The van der Waals surface area contributed by atoms with Crippen LogP contribution in [0.4, 0.5) is 18.9 Å². The molecule has 0 aliphatic rings. The van der Waals surface area contributed by atoms with E-state index in [2.05, 4.69) is 20.4 Å². The van der Waals surface area contributed by atoms with E-state index in [0.717, 1.165) is 17.7 Å². The molecule has 158 valence electrons. The molecule has 1 amide bonds. The number of halogens is 3. The number of amides is 1. The molecule has 2 aromatic heterocycles. The molecule has 0 aliphatic heterocycles. The first kappa shape index (κ1) is 21.3. The highest BCUT2D eigenvalue weighted by Crippen LogP contribution is 2.30. The smallest absolute Gasteiger partial charge is 0.326 e. The number of nitrogens with one attached hydrogen (secondary N) is 2. The van der Waals surface area contributed by atoms with Crippen LogP contribution in [0.15, 0.2) is 35.1 Å². The molecule has 0 unspecified atom stereocenters. The molecule has 10 heteroatoms. The van der Waals surface area contributed by atoms with Gasteiger partial charge in [0.1, 0.15) is 0 Å². The van der Waals surface area contributed by atoms with Gasteiger partial charge in [0.2, 0.25) is 11.9 Å². The number of aromatic nitrogens is 4. The number of rotatable bonds is 5. The van der Waals surface area contributed by atoms with E-state index in [4.69, 9.17) is 0 Å². The van der Waals surface area contributed by atoms with Gasteiger partial charge < -0.3 is 5.32 Å². The first-order valence-corrected chi connectivity index (χ1v) is 9.15. The largest absolute Gasteiger partial charge is 0.416 e. The highest BCUT2D eigenvalue weighted by molar-refractivity contribution is 5.90. The third-order valence-corrected chi connectivity index (χ3v) is 4.57. The number of benzene rings is 1. The summed E-state index contributed by atoms with van der Waals surface area (Å²) >= 11 is 0. The van der Waals surface area contributed by atoms with E-state index >= 15 is 0 Å². The topological polar surface area (TPSA) is 92.7 Å². The molecule has 0 spiro atoms. The Bertz CT molecular complexity index is 1150. The zero-order valence-corrected chi connectivity index (χ0v) is 16.6. The molecule has 2 N–H and O–H groups in total. The quantitative estimate of drug-likeness (QED) is 0.662. The highest BCUT2D eigenvalue weighted by atomic mass is 19.4. The molecule has 2 heterocycles. The molecule has 3 aromatic rings. The molecule has 0 saturated carbocycles. The van der Waals surface area contributed by atoms with Crippen LogP contribution in [0.1, 0.15) is 34.6 Å². The Morgan fingerprint density at radius 1 is 1.20 bits per heavy atom. The summed E-state index contributed by atoms with van der Waals surface area (Å²) in [4.78, 5) is 30.9. The van der Waals surface area contributed by atoms with Crippen LogP contribution in [0.25, 0.3) is 5.95 Å². The lowest BCUT2D eigenvalue weighted by molar-refractivity contribution is -0.137.